The van der Waals surface area contributed by atoms with Gasteiger partial charge in [0.2, 0.25) is 0 Å². The van der Waals surface area contributed by atoms with Crippen molar-refractivity contribution in [2.24, 2.45) is 0 Å². The highest BCUT2D eigenvalue weighted by Gasteiger charge is 2.47. The zero-order chi connectivity index (χ0) is 26.0. The number of aliphatic hydroxyl groups is 1. The summed E-state index contributed by atoms with van der Waals surface area (Å²) in [5.74, 6) is -1.71. The zero-order valence-electron chi connectivity index (χ0n) is 20.8. The number of Topliss-reactive ketones (excluding diaryl/α,β-unsaturated/α-hetero) is 1. The number of hydrogen-bond acceptors (Lipinski definition) is 5. The third-order valence-electron chi connectivity index (χ3n) is 6.56. The van der Waals surface area contributed by atoms with E-state index in [1.165, 1.54) is 23.1 Å². The fourth-order valence-corrected chi connectivity index (χ4v) is 4.56. The lowest BCUT2D eigenvalue weighted by atomic mass is 9.94. The van der Waals surface area contributed by atoms with Gasteiger partial charge in [-0.05, 0) is 86.5 Å². The number of carbonyl (C=O) groups is 2. The Morgan fingerprint density at radius 2 is 1.64 bits per heavy atom. The number of amides is 1. The van der Waals surface area contributed by atoms with Crippen molar-refractivity contribution in [1.29, 1.82) is 0 Å². The van der Waals surface area contributed by atoms with Crippen LogP contribution < -0.4 is 14.5 Å². The van der Waals surface area contributed by atoms with E-state index in [1.54, 1.807) is 38.3 Å². The predicted octanol–water partition coefficient (Wildman–Crippen LogP) is 5.62. The smallest absolute Gasteiger partial charge is 0.300 e. The highest BCUT2D eigenvalue weighted by atomic mass is 19.1. The molecule has 4 rings (SSSR count). The molecule has 0 saturated carbocycles. The summed E-state index contributed by atoms with van der Waals surface area (Å²) in [7, 11) is 1.54. The van der Waals surface area contributed by atoms with Gasteiger partial charge in [-0.15, -0.1) is 0 Å². The second kappa shape index (κ2) is 10.2. The molecular formula is C29H29FN2O4. The van der Waals surface area contributed by atoms with Crippen molar-refractivity contribution in [3.8, 4) is 5.75 Å². The van der Waals surface area contributed by atoms with Gasteiger partial charge in [0.05, 0.1) is 18.7 Å². The summed E-state index contributed by atoms with van der Waals surface area (Å²) in [4.78, 5) is 30.2. The molecule has 36 heavy (non-hydrogen) atoms. The number of anilines is 2. The zero-order valence-corrected chi connectivity index (χ0v) is 20.8. The molecule has 1 fully saturated rings. The molecule has 0 radical (unpaired) electrons. The van der Waals surface area contributed by atoms with Gasteiger partial charge in [0, 0.05) is 30.0 Å². The van der Waals surface area contributed by atoms with Crippen molar-refractivity contribution in [2.75, 3.05) is 30.0 Å². The van der Waals surface area contributed by atoms with E-state index in [2.05, 4.69) is 18.7 Å². The van der Waals surface area contributed by atoms with Gasteiger partial charge in [-0.2, -0.15) is 0 Å². The number of carbonyl (C=O) groups excluding carboxylic acids is 2. The molecule has 1 aliphatic heterocycles. The lowest BCUT2D eigenvalue weighted by Crippen LogP contribution is -2.29. The summed E-state index contributed by atoms with van der Waals surface area (Å²) < 4.78 is 19.1. The second-order valence-corrected chi connectivity index (χ2v) is 8.59. The Morgan fingerprint density at radius 1 is 1.00 bits per heavy atom. The molecule has 7 heteroatoms. The van der Waals surface area contributed by atoms with Crippen LogP contribution in [0, 0.1) is 12.7 Å². The molecule has 3 aromatic rings. The minimum Gasteiger partial charge on any atom is -0.507 e. The van der Waals surface area contributed by atoms with E-state index in [1.807, 2.05) is 24.3 Å². The molecule has 1 amide bonds. The summed E-state index contributed by atoms with van der Waals surface area (Å²) in [6, 6.07) is 17.7. The molecule has 0 spiro atoms. The van der Waals surface area contributed by atoms with E-state index in [4.69, 9.17) is 4.74 Å². The number of ketones is 1. The minimum absolute atomic E-state index is 0.0441. The minimum atomic E-state index is -0.866. The maximum absolute atomic E-state index is 13.9. The molecule has 0 bridgehead atoms. The first-order chi connectivity index (χ1) is 17.3. The molecule has 186 valence electrons. The average Bonchev–Trinajstić information content (AvgIpc) is 3.16. The van der Waals surface area contributed by atoms with E-state index in [9.17, 15) is 19.1 Å². The Morgan fingerprint density at radius 3 is 2.19 bits per heavy atom. The SMILES string of the molecule is CCN(CC)c1ccc(C2/C(=C(/O)c3ccc(F)c(C)c3)C(=O)C(=O)N2c2ccc(OC)cc2)cc1. The van der Waals surface area contributed by atoms with E-state index >= 15 is 0 Å². The van der Waals surface area contributed by atoms with Crippen LogP contribution in [0.1, 0.15) is 36.6 Å². The first-order valence-corrected chi connectivity index (χ1v) is 11.9. The number of ether oxygens (including phenoxy) is 1. The number of aliphatic hydroxyl groups excluding tert-OH is 1. The van der Waals surface area contributed by atoms with Crippen LogP contribution in [-0.2, 0) is 9.59 Å². The van der Waals surface area contributed by atoms with Crippen LogP contribution in [-0.4, -0.2) is 37.0 Å². The number of halogens is 1. The van der Waals surface area contributed by atoms with E-state index in [0.29, 0.717) is 22.6 Å². The van der Waals surface area contributed by atoms with Crippen LogP contribution in [0.3, 0.4) is 0 Å². The maximum Gasteiger partial charge on any atom is 0.300 e. The number of hydrogen-bond donors (Lipinski definition) is 1. The Labute approximate surface area is 210 Å². The summed E-state index contributed by atoms with van der Waals surface area (Å²) in [5, 5.41) is 11.3. The van der Waals surface area contributed by atoms with Crippen molar-refractivity contribution in [2.45, 2.75) is 26.8 Å². The van der Waals surface area contributed by atoms with Crippen molar-refractivity contribution >= 4 is 28.8 Å². The molecule has 0 aromatic heterocycles. The van der Waals surface area contributed by atoms with E-state index < -0.39 is 23.5 Å². The Hall–Kier alpha value is -4.13. The fraction of sp³-hybridized carbons (Fsp3) is 0.241. The van der Waals surface area contributed by atoms with Crippen molar-refractivity contribution in [3.63, 3.8) is 0 Å². The summed E-state index contributed by atoms with van der Waals surface area (Å²) >= 11 is 0. The van der Waals surface area contributed by atoms with Crippen LogP contribution in [0.5, 0.6) is 5.75 Å². The summed E-state index contributed by atoms with van der Waals surface area (Å²) in [6.45, 7) is 7.39. The van der Waals surface area contributed by atoms with Crippen molar-refractivity contribution < 1.29 is 23.8 Å². The summed E-state index contributed by atoms with van der Waals surface area (Å²) in [5.41, 5.74) is 2.72. The third kappa shape index (κ3) is 4.44. The van der Waals surface area contributed by atoms with E-state index in [0.717, 1.165) is 18.8 Å². The Kier molecular flexibility index (Phi) is 7.10. The standard InChI is InChI=1S/C29H29FN2O4/c1-5-31(6-2)21-10-7-19(8-11-21)26-25(27(33)20-9-16-24(30)18(3)17-20)28(34)29(35)32(26)22-12-14-23(36-4)15-13-22/h7-17,26,33H,5-6H2,1-4H3/b27-25-. The molecule has 3 aromatic carbocycles. The molecule has 1 N–H and O–H groups in total. The molecule has 1 saturated heterocycles. The van der Waals surface area contributed by atoms with Crippen LogP contribution in [0.4, 0.5) is 15.8 Å². The largest absolute Gasteiger partial charge is 0.507 e. The normalized spacial score (nSPS) is 16.9. The third-order valence-corrected chi connectivity index (χ3v) is 6.56. The van der Waals surface area contributed by atoms with Crippen molar-refractivity contribution in [1.82, 2.24) is 0 Å². The number of methoxy groups -OCH3 is 1. The molecule has 0 aliphatic carbocycles. The molecular weight excluding hydrogens is 459 g/mol. The van der Waals surface area contributed by atoms with E-state index in [-0.39, 0.29) is 16.9 Å². The van der Waals surface area contributed by atoms with Gasteiger partial charge in [-0.25, -0.2) is 4.39 Å². The van der Waals surface area contributed by atoms with Gasteiger partial charge in [-0.3, -0.25) is 14.5 Å². The molecule has 6 nitrogen and oxygen atoms in total. The monoisotopic (exact) mass is 488 g/mol. The second-order valence-electron chi connectivity index (χ2n) is 8.59. The highest BCUT2D eigenvalue weighted by Crippen LogP contribution is 2.43. The number of rotatable bonds is 7. The van der Waals surface area contributed by atoms with Crippen LogP contribution in [0.25, 0.3) is 5.76 Å². The average molecular weight is 489 g/mol. The molecule has 1 atom stereocenters. The van der Waals surface area contributed by atoms with Crippen LogP contribution in [0.2, 0.25) is 0 Å². The number of benzene rings is 3. The topological polar surface area (TPSA) is 70.1 Å². The lowest BCUT2D eigenvalue weighted by Gasteiger charge is -2.27. The van der Waals surface area contributed by atoms with Gasteiger partial charge < -0.3 is 14.7 Å². The van der Waals surface area contributed by atoms with Gasteiger partial charge >= 0.3 is 0 Å². The van der Waals surface area contributed by atoms with Gasteiger partial charge in [0.25, 0.3) is 11.7 Å². The van der Waals surface area contributed by atoms with Gasteiger partial charge in [0.1, 0.15) is 17.3 Å². The molecule has 1 heterocycles. The lowest BCUT2D eigenvalue weighted by molar-refractivity contribution is -0.132. The molecule has 1 aliphatic rings. The van der Waals surface area contributed by atoms with Crippen molar-refractivity contribution in [3.05, 3.63) is 94.8 Å². The molecule has 1 unspecified atom stereocenters. The van der Waals surface area contributed by atoms with Crippen LogP contribution in [0.15, 0.2) is 72.3 Å². The summed E-state index contributed by atoms with van der Waals surface area (Å²) in [6.07, 6.45) is 0. The first kappa shape index (κ1) is 25.0. The van der Waals surface area contributed by atoms with Crippen LogP contribution >= 0.6 is 0 Å². The quantitative estimate of drug-likeness (QED) is 0.266. The fourth-order valence-electron chi connectivity index (χ4n) is 4.56. The highest BCUT2D eigenvalue weighted by molar-refractivity contribution is 6.51. The first-order valence-electron chi connectivity index (χ1n) is 11.9. The predicted molar refractivity (Wildman–Crippen MR) is 139 cm³/mol. The Bertz CT molecular complexity index is 1310. The van der Waals surface area contributed by atoms with Gasteiger partial charge in [-0.1, -0.05) is 12.1 Å². The van der Waals surface area contributed by atoms with Gasteiger partial charge in [0.15, 0.2) is 0 Å². The maximum atomic E-state index is 13.9. The number of aryl methyl sites for hydroxylation is 1. The Balaban J connectivity index is 1.89. The number of nitrogens with zero attached hydrogens (tertiary/aromatic N) is 2.